The van der Waals surface area contributed by atoms with Crippen LogP contribution in [0.15, 0.2) is 18.2 Å². The molecular formula is C17H26O3. The fourth-order valence-electron chi connectivity index (χ4n) is 1.70. The van der Waals surface area contributed by atoms with Gasteiger partial charge in [-0.25, -0.2) is 0 Å². The molecule has 0 aromatic heterocycles. The molecule has 0 radical (unpaired) electrons. The van der Waals surface area contributed by atoms with Crippen molar-refractivity contribution in [1.82, 2.24) is 0 Å². The Bertz CT molecular complexity index is 378. The third kappa shape index (κ3) is 5.64. The van der Waals surface area contributed by atoms with E-state index in [0.717, 1.165) is 19.1 Å². The van der Waals surface area contributed by atoms with E-state index in [0.29, 0.717) is 42.1 Å². The number of hydrogen-bond acceptors (Lipinski definition) is 3. The molecule has 0 bridgehead atoms. The standard InChI is InChI=1S/C17H26O3/c1-13(2)8-10-19-16-6-5-7-17(15(16)12-18)20-11-9-14(3)4/h5-7,12-14H,8-11H2,1-4H3. The lowest BCUT2D eigenvalue weighted by Gasteiger charge is -2.14. The summed E-state index contributed by atoms with van der Waals surface area (Å²) in [6, 6.07) is 5.50. The van der Waals surface area contributed by atoms with Gasteiger partial charge in [0, 0.05) is 0 Å². The van der Waals surface area contributed by atoms with E-state index in [1.807, 2.05) is 18.2 Å². The third-order valence-electron chi connectivity index (χ3n) is 3.05. The molecule has 0 aliphatic rings. The van der Waals surface area contributed by atoms with Gasteiger partial charge in [0.15, 0.2) is 6.29 Å². The summed E-state index contributed by atoms with van der Waals surface area (Å²) in [5.41, 5.74) is 0.514. The zero-order chi connectivity index (χ0) is 15.0. The maximum atomic E-state index is 11.3. The Morgan fingerprint density at radius 2 is 1.40 bits per heavy atom. The van der Waals surface area contributed by atoms with Crippen LogP contribution in [0.5, 0.6) is 11.5 Å². The molecule has 0 saturated heterocycles. The van der Waals surface area contributed by atoms with Crippen molar-refractivity contribution in [2.45, 2.75) is 40.5 Å². The smallest absolute Gasteiger partial charge is 0.157 e. The van der Waals surface area contributed by atoms with E-state index in [1.165, 1.54) is 0 Å². The summed E-state index contributed by atoms with van der Waals surface area (Å²) >= 11 is 0. The summed E-state index contributed by atoms with van der Waals surface area (Å²) in [5, 5.41) is 0. The van der Waals surface area contributed by atoms with Crippen LogP contribution >= 0.6 is 0 Å². The highest BCUT2D eigenvalue weighted by Gasteiger charge is 2.10. The van der Waals surface area contributed by atoms with Crippen molar-refractivity contribution in [2.24, 2.45) is 11.8 Å². The molecule has 112 valence electrons. The Labute approximate surface area is 122 Å². The number of rotatable bonds is 9. The van der Waals surface area contributed by atoms with Gasteiger partial charge in [-0.2, -0.15) is 0 Å². The topological polar surface area (TPSA) is 35.5 Å². The minimum atomic E-state index is 0.514. The zero-order valence-corrected chi connectivity index (χ0v) is 13.0. The first-order chi connectivity index (χ1) is 9.54. The molecule has 0 unspecified atom stereocenters. The number of aldehydes is 1. The molecule has 0 heterocycles. The average Bonchev–Trinajstić information content (AvgIpc) is 2.38. The van der Waals surface area contributed by atoms with Crippen LogP contribution in [-0.4, -0.2) is 19.5 Å². The normalized spacial score (nSPS) is 10.9. The highest BCUT2D eigenvalue weighted by molar-refractivity contribution is 5.83. The lowest BCUT2D eigenvalue weighted by Crippen LogP contribution is -2.06. The molecule has 0 saturated carbocycles. The van der Waals surface area contributed by atoms with Crippen LogP contribution in [0.25, 0.3) is 0 Å². The molecule has 1 rings (SSSR count). The van der Waals surface area contributed by atoms with Gasteiger partial charge in [-0.1, -0.05) is 33.8 Å². The van der Waals surface area contributed by atoms with Crippen molar-refractivity contribution in [3.05, 3.63) is 23.8 Å². The Kier molecular flexibility index (Phi) is 7.13. The van der Waals surface area contributed by atoms with Crippen molar-refractivity contribution in [3.63, 3.8) is 0 Å². The number of hydrogen-bond donors (Lipinski definition) is 0. The molecule has 0 aliphatic heterocycles. The van der Waals surface area contributed by atoms with E-state index in [9.17, 15) is 4.79 Å². The van der Waals surface area contributed by atoms with Crippen molar-refractivity contribution < 1.29 is 14.3 Å². The van der Waals surface area contributed by atoms with Crippen LogP contribution in [-0.2, 0) is 0 Å². The molecule has 1 aromatic carbocycles. The van der Waals surface area contributed by atoms with E-state index in [-0.39, 0.29) is 0 Å². The van der Waals surface area contributed by atoms with Gasteiger partial charge in [0.05, 0.1) is 18.8 Å². The van der Waals surface area contributed by atoms with Gasteiger partial charge in [0.25, 0.3) is 0 Å². The second-order valence-electron chi connectivity index (χ2n) is 5.85. The maximum absolute atomic E-state index is 11.3. The Morgan fingerprint density at radius 1 is 0.950 bits per heavy atom. The molecule has 0 fully saturated rings. The van der Waals surface area contributed by atoms with Gasteiger partial charge in [0.2, 0.25) is 0 Å². The monoisotopic (exact) mass is 278 g/mol. The summed E-state index contributed by atoms with van der Waals surface area (Å²) in [5.74, 6) is 2.39. The fraction of sp³-hybridized carbons (Fsp3) is 0.588. The first-order valence-corrected chi connectivity index (χ1v) is 7.38. The fourth-order valence-corrected chi connectivity index (χ4v) is 1.70. The van der Waals surface area contributed by atoms with Crippen LogP contribution in [0.4, 0.5) is 0 Å². The van der Waals surface area contributed by atoms with E-state index in [4.69, 9.17) is 9.47 Å². The Balaban J connectivity index is 2.68. The van der Waals surface area contributed by atoms with Crippen LogP contribution in [0.1, 0.15) is 50.9 Å². The van der Waals surface area contributed by atoms with Crippen LogP contribution in [0.3, 0.4) is 0 Å². The van der Waals surface area contributed by atoms with Crippen molar-refractivity contribution >= 4 is 6.29 Å². The molecule has 3 heteroatoms. The van der Waals surface area contributed by atoms with Gasteiger partial charge in [-0.05, 0) is 36.8 Å². The van der Waals surface area contributed by atoms with E-state index >= 15 is 0 Å². The van der Waals surface area contributed by atoms with Crippen molar-refractivity contribution in [2.75, 3.05) is 13.2 Å². The summed E-state index contributed by atoms with van der Waals surface area (Å²) in [6.45, 7) is 9.83. The summed E-state index contributed by atoms with van der Waals surface area (Å²) in [6.07, 6.45) is 2.75. The minimum absolute atomic E-state index is 0.514. The maximum Gasteiger partial charge on any atom is 0.157 e. The number of benzene rings is 1. The summed E-state index contributed by atoms with van der Waals surface area (Å²) < 4.78 is 11.4. The Morgan fingerprint density at radius 3 is 1.75 bits per heavy atom. The SMILES string of the molecule is CC(C)CCOc1cccc(OCCC(C)C)c1C=O. The number of carbonyl (C=O) groups is 1. The molecule has 0 atom stereocenters. The van der Waals surface area contributed by atoms with E-state index in [2.05, 4.69) is 27.7 Å². The second kappa shape index (κ2) is 8.62. The van der Waals surface area contributed by atoms with Crippen molar-refractivity contribution in [3.8, 4) is 11.5 Å². The largest absolute Gasteiger partial charge is 0.493 e. The molecule has 0 aliphatic carbocycles. The van der Waals surface area contributed by atoms with Gasteiger partial charge in [0.1, 0.15) is 11.5 Å². The number of carbonyl (C=O) groups excluding carboxylic acids is 1. The number of ether oxygens (including phenoxy) is 2. The highest BCUT2D eigenvalue weighted by Crippen LogP contribution is 2.27. The highest BCUT2D eigenvalue weighted by atomic mass is 16.5. The lowest BCUT2D eigenvalue weighted by atomic mass is 10.1. The van der Waals surface area contributed by atoms with Gasteiger partial charge >= 0.3 is 0 Å². The molecular weight excluding hydrogens is 252 g/mol. The van der Waals surface area contributed by atoms with Gasteiger partial charge in [-0.3, -0.25) is 4.79 Å². The molecule has 0 amide bonds. The first-order valence-electron chi connectivity index (χ1n) is 7.38. The van der Waals surface area contributed by atoms with E-state index < -0.39 is 0 Å². The minimum Gasteiger partial charge on any atom is -0.493 e. The molecule has 3 nitrogen and oxygen atoms in total. The first kappa shape index (κ1) is 16.5. The summed E-state index contributed by atoms with van der Waals surface area (Å²) in [7, 11) is 0. The lowest BCUT2D eigenvalue weighted by molar-refractivity contribution is 0.111. The molecule has 20 heavy (non-hydrogen) atoms. The van der Waals surface area contributed by atoms with E-state index in [1.54, 1.807) is 0 Å². The quantitative estimate of drug-likeness (QED) is 0.630. The van der Waals surface area contributed by atoms with Gasteiger partial charge in [-0.15, -0.1) is 0 Å². The van der Waals surface area contributed by atoms with Crippen LogP contribution in [0.2, 0.25) is 0 Å². The third-order valence-corrected chi connectivity index (χ3v) is 3.05. The van der Waals surface area contributed by atoms with Gasteiger partial charge < -0.3 is 9.47 Å². The molecule has 0 spiro atoms. The van der Waals surface area contributed by atoms with Crippen LogP contribution in [0, 0.1) is 11.8 Å². The molecule has 1 aromatic rings. The van der Waals surface area contributed by atoms with Crippen molar-refractivity contribution in [1.29, 1.82) is 0 Å². The predicted molar refractivity (Wildman–Crippen MR) is 81.7 cm³/mol. The van der Waals surface area contributed by atoms with Crippen LogP contribution < -0.4 is 9.47 Å². The summed E-state index contributed by atoms with van der Waals surface area (Å²) in [4.78, 5) is 11.3. The predicted octanol–water partition coefficient (Wildman–Crippen LogP) is 4.35. The Hall–Kier alpha value is -1.51. The molecule has 0 N–H and O–H groups in total. The zero-order valence-electron chi connectivity index (χ0n) is 13.0. The second-order valence-corrected chi connectivity index (χ2v) is 5.85. The average molecular weight is 278 g/mol.